The molecule has 0 aromatic carbocycles. The molecule has 0 saturated carbocycles. The predicted molar refractivity (Wildman–Crippen MR) is 36.9 cm³/mol. The molecule has 0 bridgehead atoms. The van der Waals surface area contributed by atoms with Crippen LogP contribution in [0.1, 0.15) is 34.1 Å². The summed E-state index contributed by atoms with van der Waals surface area (Å²) in [5.41, 5.74) is 0. The topological polar surface area (TPSA) is 0 Å². The molecule has 0 nitrogen and oxygen atoms in total. The van der Waals surface area contributed by atoms with Gasteiger partial charge in [-0.3, -0.25) is 0 Å². The molecule has 0 aliphatic rings. The van der Waals surface area contributed by atoms with Gasteiger partial charge in [-0.15, -0.1) is 0 Å². The molecule has 10 heavy (non-hydrogen) atoms. The molecule has 0 radical (unpaired) electrons. The van der Waals surface area contributed by atoms with Gasteiger partial charge in [0.2, 0.25) is 0 Å². The quantitative estimate of drug-likeness (QED) is 0.544. The molecule has 0 amide bonds. The Hall–Kier alpha value is -0.210. The standard InChI is InChI=1S/C5H9F3.C2H6/c1-4(2)3-5(6,7)8;1-2/h4H,3H2,1-2H3;1-2H3. The van der Waals surface area contributed by atoms with Gasteiger partial charge >= 0.3 is 6.18 Å². The van der Waals surface area contributed by atoms with E-state index in [-0.39, 0.29) is 5.92 Å². The first-order valence-corrected chi connectivity index (χ1v) is 3.48. The summed E-state index contributed by atoms with van der Waals surface area (Å²) >= 11 is 0. The van der Waals surface area contributed by atoms with Crippen molar-refractivity contribution in [3.8, 4) is 0 Å². The summed E-state index contributed by atoms with van der Waals surface area (Å²) in [4.78, 5) is 0. The van der Waals surface area contributed by atoms with Crippen molar-refractivity contribution in [1.29, 1.82) is 0 Å². The zero-order valence-electron chi connectivity index (χ0n) is 6.92. The van der Waals surface area contributed by atoms with E-state index in [1.165, 1.54) is 0 Å². The summed E-state index contributed by atoms with van der Waals surface area (Å²) in [6.07, 6.45) is -4.65. The van der Waals surface area contributed by atoms with Crippen molar-refractivity contribution in [2.45, 2.75) is 40.3 Å². The lowest BCUT2D eigenvalue weighted by molar-refractivity contribution is -0.141. The van der Waals surface area contributed by atoms with Crippen molar-refractivity contribution in [2.75, 3.05) is 0 Å². The van der Waals surface area contributed by atoms with E-state index in [1.807, 2.05) is 13.8 Å². The van der Waals surface area contributed by atoms with Crippen LogP contribution in [0.3, 0.4) is 0 Å². The lowest BCUT2D eigenvalue weighted by Gasteiger charge is -2.07. The van der Waals surface area contributed by atoms with Gasteiger partial charge < -0.3 is 0 Å². The molecular formula is C7H15F3. The second-order valence-electron chi connectivity index (χ2n) is 2.21. The highest BCUT2D eigenvalue weighted by Crippen LogP contribution is 2.23. The van der Waals surface area contributed by atoms with Gasteiger partial charge in [0.05, 0.1) is 0 Å². The van der Waals surface area contributed by atoms with Gasteiger partial charge in [0, 0.05) is 6.42 Å². The number of halogens is 3. The molecule has 0 aliphatic heterocycles. The van der Waals surface area contributed by atoms with Gasteiger partial charge in [-0.25, -0.2) is 0 Å². The molecule has 0 aromatic heterocycles. The third-order valence-electron chi connectivity index (χ3n) is 0.640. The van der Waals surface area contributed by atoms with Crippen LogP contribution < -0.4 is 0 Å². The minimum Gasteiger partial charge on any atom is -0.171 e. The second-order valence-corrected chi connectivity index (χ2v) is 2.21. The average Bonchev–Trinajstić information content (AvgIpc) is 1.64. The molecule has 0 saturated heterocycles. The van der Waals surface area contributed by atoms with Crippen LogP contribution in [0.25, 0.3) is 0 Å². The molecule has 0 aliphatic carbocycles. The summed E-state index contributed by atoms with van der Waals surface area (Å²) in [5, 5.41) is 0. The third kappa shape index (κ3) is 15.7. The first-order chi connectivity index (χ1) is 4.42. The number of rotatable bonds is 1. The maximum Gasteiger partial charge on any atom is 0.389 e. The fraction of sp³-hybridized carbons (Fsp3) is 1.00. The number of hydrogen-bond acceptors (Lipinski definition) is 0. The van der Waals surface area contributed by atoms with E-state index in [4.69, 9.17) is 0 Å². The van der Waals surface area contributed by atoms with Gasteiger partial charge in [0.1, 0.15) is 0 Å². The largest absolute Gasteiger partial charge is 0.389 e. The van der Waals surface area contributed by atoms with Crippen molar-refractivity contribution < 1.29 is 13.2 Å². The van der Waals surface area contributed by atoms with E-state index in [0.717, 1.165) is 0 Å². The second kappa shape index (κ2) is 5.57. The van der Waals surface area contributed by atoms with E-state index in [0.29, 0.717) is 0 Å². The normalized spacial score (nSPS) is 10.8. The Kier molecular flexibility index (Phi) is 6.94. The number of hydrogen-bond donors (Lipinski definition) is 0. The van der Waals surface area contributed by atoms with Crippen LogP contribution in [0.2, 0.25) is 0 Å². The van der Waals surface area contributed by atoms with Gasteiger partial charge in [0.15, 0.2) is 0 Å². The minimum absolute atomic E-state index is 0.282. The molecule has 3 heteroatoms. The summed E-state index contributed by atoms with van der Waals surface area (Å²) in [5.74, 6) is -0.282. The van der Waals surface area contributed by atoms with Crippen molar-refractivity contribution in [3.63, 3.8) is 0 Å². The average molecular weight is 156 g/mol. The highest BCUT2D eigenvalue weighted by molar-refractivity contribution is 4.52. The monoisotopic (exact) mass is 156 g/mol. The fourth-order valence-electron chi connectivity index (χ4n) is 0.463. The SMILES string of the molecule is CC.CC(C)CC(F)(F)F. The maximum atomic E-state index is 11.3. The smallest absolute Gasteiger partial charge is 0.171 e. The van der Waals surface area contributed by atoms with E-state index < -0.39 is 12.6 Å². The van der Waals surface area contributed by atoms with Gasteiger partial charge in [0.25, 0.3) is 0 Å². The van der Waals surface area contributed by atoms with Crippen LogP contribution in [0.4, 0.5) is 13.2 Å². The molecule has 64 valence electrons. The lowest BCUT2D eigenvalue weighted by Crippen LogP contribution is -2.10. The molecule has 0 aromatic rings. The molecule has 0 N–H and O–H groups in total. The highest BCUT2D eigenvalue weighted by atomic mass is 19.4. The Labute approximate surface area is 60.4 Å². The summed E-state index contributed by atoms with van der Waals surface area (Å²) in [6, 6.07) is 0. The Morgan fingerprint density at radius 3 is 1.40 bits per heavy atom. The first-order valence-electron chi connectivity index (χ1n) is 3.48. The number of alkyl halides is 3. The van der Waals surface area contributed by atoms with Crippen molar-refractivity contribution in [3.05, 3.63) is 0 Å². The van der Waals surface area contributed by atoms with Crippen LogP contribution in [-0.2, 0) is 0 Å². The van der Waals surface area contributed by atoms with Crippen LogP contribution >= 0.6 is 0 Å². The van der Waals surface area contributed by atoms with E-state index in [2.05, 4.69) is 0 Å². The zero-order valence-corrected chi connectivity index (χ0v) is 6.92. The summed E-state index contributed by atoms with van der Waals surface area (Å²) in [7, 11) is 0. The van der Waals surface area contributed by atoms with Gasteiger partial charge in [-0.1, -0.05) is 27.7 Å². The summed E-state index contributed by atoms with van der Waals surface area (Å²) < 4.78 is 33.9. The Bertz CT molecular complexity index is 63.7. The Morgan fingerprint density at radius 1 is 1.10 bits per heavy atom. The van der Waals surface area contributed by atoms with Crippen molar-refractivity contribution in [1.82, 2.24) is 0 Å². The van der Waals surface area contributed by atoms with Crippen LogP contribution in [0.5, 0.6) is 0 Å². The van der Waals surface area contributed by atoms with Gasteiger partial charge in [-0.05, 0) is 5.92 Å². The Balaban J connectivity index is 0. The molecule has 0 rings (SSSR count). The third-order valence-corrected chi connectivity index (χ3v) is 0.640. The zero-order chi connectivity index (χ0) is 8.78. The molecule has 0 heterocycles. The van der Waals surface area contributed by atoms with Crippen LogP contribution in [0.15, 0.2) is 0 Å². The van der Waals surface area contributed by atoms with Crippen LogP contribution in [0, 0.1) is 5.92 Å². The van der Waals surface area contributed by atoms with E-state index in [9.17, 15) is 13.2 Å². The van der Waals surface area contributed by atoms with Crippen molar-refractivity contribution in [2.24, 2.45) is 5.92 Å². The molecular weight excluding hydrogens is 141 g/mol. The fourth-order valence-corrected chi connectivity index (χ4v) is 0.463. The predicted octanol–water partition coefficient (Wildman–Crippen LogP) is 3.62. The molecule has 0 atom stereocenters. The molecule has 0 unspecified atom stereocenters. The lowest BCUT2D eigenvalue weighted by atomic mass is 10.1. The Morgan fingerprint density at radius 2 is 1.40 bits per heavy atom. The van der Waals surface area contributed by atoms with E-state index in [1.54, 1.807) is 13.8 Å². The van der Waals surface area contributed by atoms with Crippen LogP contribution in [-0.4, -0.2) is 6.18 Å². The highest BCUT2D eigenvalue weighted by Gasteiger charge is 2.27. The summed E-state index contributed by atoms with van der Waals surface area (Å²) in [6.45, 7) is 7.10. The first kappa shape index (κ1) is 12.5. The molecule has 0 fully saturated rings. The van der Waals surface area contributed by atoms with Gasteiger partial charge in [-0.2, -0.15) is 13.2 Å². The molecule has 0 spiro atoms. The maximum absolute atomic E-state index is 11.3. The minimum atomic E-state index is -3.98. The van der Waals surface area contributed by atoms with Crippen molar-refractivity contribution >= 4 is 0 Å². The van der Waals surface area contributed by atoms with E-state index >= 15 is 0 Å².